The molecule has 4 aromatic rings. The molecule has 0 aliphatic heterocycles. The Kier molecular flexibility index (Phi) is 7.66. The fraction of sp³-hybridized carbons (Fsp3) is 0.310. The molecule has 9 nitrogen and oxygen atoms in total. The second-order valence-corrected chi connectivity index (χ2v) is 10.1. The smallest absolute Gasteiger partial charge is 0.249 e. The summed E-state index contributed by atoms with van der Waals surface area (Å²) in [4.78, 5) is 29.7. The monoisotopic (exact) mass is 515 g/mol. The minimum absolute atomic E-state index is 0.116. The molecule has 1 aromatic heterocycles. The Morgan fingerprint density at radius 1 is 0.974 bits per heavy atom. The van der Waals surface area contributed by atoms with E-state index in [1.165, 1.54) is 4.90 Å². The van der Waals surface area contributed by atoms with Gasteiger partial charge in [0.2, 0.25) is 11.8 Å². The van der Waals surface area contributed by atoms with E-state index in [1.807, 2.05) is 76.2 Å². The van der Waals surface area contributed by atoms with Crippen LogP contribution in [0, 0.1) is 6.92 Å². The number of rotatable bonds is 8. The second-order valence-electron chi connectivity index (χ2n) is 10.1. The fourth-order valence-corrected chi connectivity index (χ4v) is 4.33. The van der Waals surface area contributed by atoms with Crippen LogP contribution in [0.3, 0.4) is 0 Å². The first-order valence-electron chi connectivity index (χ1n) is 12.3. The van der Waals surface area contributed by atoms with Gasteiger partial charge in [0.15, 0.2) is 0 Å². The number of hydrogen-bond acceptors (Lipinski definition) is 6. The van der Waals surface area contributed by atoms with E-state index in [1.54, 1.807) is 37.1 Å². The molecule has 1 unspecified atom stereocenters. The first kappa shape index (κ1) is 26.7. The normalized spacial score (nSPS) is 12.2. The number of methoxy groups -OCH3 is 2. The Hall–Kier alpha value is -4.40. The van der Waals surface area contributed by atoms with E-state index >= 15 is 0 Å². The summed E-state index contributed by atoms with van der Waals surface area (Å²) in [6, 6.07) is 19.1. The predicted octanol–water partition coefficient (Wildman–Crippen LogP) is 4.45. The summed E-state index contributed by atoms with van der Waals surface area (Å²) in [7, 11) is 3.09. The first-order valence-corrected chi connectivity index (χ1v) is 12.3. The average Bonchev–Trinajstić information content (AvgIpc) is 3.28. The third kappa shape index (κ3) is 5.77. The molecule has 0 spiro atoms. The van der Waals surface area contributed by atoms with E-state index in [-0.39, 0.29) is 18.4 Å². The Bertz CT molecular complexity index is 1430. The Balaban J connectivity index is 1.89. The van der Waals surface area contributed by atoms with Gasteiger partial charge in [0.25, 0.3) is 0 Å². The summed E-state index contributed by atoms with van der Waals surface area (Å²) in [5.74, 6) is 0.346. The van der Waals surface area contributed by atoms with Gasteiger partial charge < -0.3 is 14.8 Å². The van der Waals surface area contributed by atoms with Crippen LogP contribution in [0.5, 0.6) is 11.5 Å². The van der Waals surface area contributed by atoms with Crippen LogP contribution in [0.25, 0.3) is 11.0 Å². The van der Waals surface area contributed by atoms with Crippen molar-refractivity contribution in [2.75, 3.05) is 19.1 Å². The van der Waals surface area contributed by atoms with Gasteiger partial charge in [0.1, 0.15) is 29.6 Å². The lowest BCUT2D eigenvalue weighted by Crippen LogP contribution is -2.50. The highest BCUT2D eigenvalue weighted by atomic mass is 16.5. The maximum atomic E-state index is 14.2. The highest BCUT2D eigenvalue weighted by Crippen LogP contribution is 2.35. The molecule has 4 rings (SSSR count). The van der Waals surface area contributed by atoms with Gasteiger partial charge >= 0.3 is 0 Å². The van der Waals surface area contributed by atoms with E-state index in [9.17, 15) is 9.59 Å². The molecule has 2 amide bonds. The van der Waals surface area contributed by atoms with Gasteiger partial charge in [-0.2, -0.15) is 0 Å². The molecule has 0 fully saturated rings. The van der Waals surface area contributed by atoms with Gasteiger partial charge in [-0.3, -0.25) is 14.5 Å². The van der Waals surface area contributed by atoms with Crippen molar-refractivity contribution in [3.05, 3.63) is 77.9 Å². The lowest BCUT2D eigenvalue weighted by Gasteiger charge is -2.34. The van der Waals surface area contributed by atoms with Crippen molar-refractivity contribution >= 4 is 28.5 Å². The quantitative estimate of drug-likeness (QED) is 0.372. The summed E-state index contributed by atoms with van der Waals surface area (Å²) in [6.07, 6.45) is 0. The summed E-state index contributed by atoms with van der Waals surface area (Å²) < 4.78 is 12.5. The van der Waals surface area contributed by atoms with Crippen LogP contribution < -0.4 is 19.7 Å². The van der Waals surface area contributed by atoms with E-state index < -0.39 is 11.6 Å². The Morgan fingerprint density at radius 2 is 1.61 bits per heavy atom. The number of para-hydroxylation sites is 2. The average molecular weight is 516 g/mol. The number of ether oxygens (including phenoxy) is 2. The van der Waals surface area contributed by atoms with Crippen LogP contribution in [-0.2, 0) is 16.1 Å². The number of nitrogens with one attached hydrogen (secondary N) is 1. The SMILES string of the molecule is COc1cc(OC)cc(C(C(=O)NC(C)(C)C)N(C(=O)Cn2nnc3ccccc32)c2ccccc2C)c1. The number of hydrogen-bond donors (Lipinski definition) is 1. The molecule has 38 heavy (non-hydrogen) atoms. The number of carbonyl (C=O) groups is 2. The van der Waals surface area contributed by atoms with Crippen LogP contribution in [0.4, 0.5) is 5.69 Å². The number of fused-ring (bicyclic) bond motifs is 1. The molecule has 198 valence electrons. The minimum Gasteiger partial charge on any atom is -0.497 e. The number of aryl methyl sites for hydroxylation is 1. The van der Waals surface area contributed by atoms with Crippen LogP contribution in [0.1, 0.15) is 37.9 Å². The molecule has 0 aliphatic rings. The largest absolute Gasteiger partial charge is 0.497 e. The van der Waals surface area contributed by atoms with Crippen molar-refractivity contribution in [3.63, 3.8) is 0 Å². The molecule has 0 bridgehead atoms. The third-order valence-corrected chi connectivity index (χ3v) is 6.04. The zero-order valence-electron chi connectivity index (χ0n) is 22.6. The number of anilines is 1. The lowest BCUT2D eigenvalue weighted by molar-refractivity contribution is -0.128. The van der Waals surface area contributed by atoms with Gasteiger partial charge in [0, 0.05) is 17.3 Å². The van der Waals surface area contributed by atoms with Crippen molar-refractivity contribution < 1.29 is 19.1 Å². The standard InChI is InChI=1S/C29H33N5O4/c1-19-11-7-9-13-24(19)34(26(35)18-33-25-14-10-8-12-23(25)31-32-33)27(28(36)30-29(2,3)4)20-15-21(37-5)17-22(16-20)38-6/h7-17,27H,18H2,1-6H3,(H,30,36). The van der Waals surface area contributed by atoms with Crippen LogP contribution >= 0.6 is 0 Å². The molecule has 1 atom stereocenters. The third-order valence-electron chi connectivity index (χ3n) is 6.04. The topological polar surface area (TPSA) is 98.6 Å². The maximum absolute atomic E-state index is 14.2. The van der Waals surface area contributed by atoms with Gasteiger partial charge in [-0.25, -0.2) is 4.68 Å². The highest BCUT2D eigenvalue weighted by Gasteiger charge is 2.36. The molecular weight excluding hydrogens is 482 g/mol. The van der Waals surface area contributed by atoms with Crippen molar-refractivity contribution in [1.29, 1.82) is 0 Å². The van der Waals surface area contributed by atoms with Gasteiger partial charge in [-0.15, -0.1) is 5.10 Å². The summed E-state index contributed by atoms with van der Waals surface area (Å²) in [5, 5.41) is 11.4. The number of nitrogens with zero attached hydrogens (tertiary/aromatic N) is 4. The number of aromatic nitrogens is 3. The van der Waals surface area contributed by atoms with Crippen molar-refractivity contribution in [1.82, 2.24) is 20.3 Å². The maximum Gasteiger partial charge on any atom is 0.249 e. The molecule has 0 radical (unpaired) electrons. The van der Waals surface area contributed by atoms with E-state index in [0.29, 0.717) is 28.3 Å². The van der Waals surface area contributed by atoms with E-state index in [0.717, 1.165) is 11.1 Å². The van der Waals surface area contributed by atoms with Crippen LogP contribution in [-0.4, -0.2) is 46.6 Å². The van der Waals surface area contributed by atoms with Crippen LogP contribution in [0.15, 0.2) is 66.7 Å². The highest BCUT2D eigenvalue weighted by molar-refractivity contribution is 6.02. The predicted molar refractivity (Wildman–Crippen MR) is 146 cm³/mol. The molecule has 9 heteroatoms. The Labute approximate surface area is 222 Å². The van der Waals surface area contributed by atoms with Crippen LogP contribution in [0.2, 0.25) is 0 Å². The van der Waals surface area contributed by atoms with E-state index in [4.69, 9.17) is 9.47 Å². The number of benzene rings is 3. The molecule has 3 aromatic carbocycles. The minimum atomic E-state index is -1.03. The Morgan fingerprint density at radius 3 is 2.24 bits per heavy atom. The first-order chi connectivity index (χ1) is 18.1. The molecule has 0 aliphatic carbocycles. The second kappa shape index (κ2) is 10.9. The summed E-state index contributed by atoms with van der Waals surface area (Å²) >= 11 is 0. The molecule has 0 saturated heterocycles. The summed E-state index contributed by atoms with van der Waals surface area (Å²) in [6.45, 7) is 7.49. The van der Waals surface area contributed by atoms with Crippen molar-refractivity contribution in [3.8, 4) is 11.5 Å². The van der Waals surface area contributed by atoms with E-state index in [2.05, 4.69) is 15.6 Å². The van der Waals surface area contributed by atoms with Gasteiger partial charge in [0.05, 0.1) is 19.7 Å². The van der Waals surface area contributed by atoms with Gasteiger partial charge in [-0.1, -0.05) is 35.5 Å². The van der Waals surface area contributed by atoms with Gasteiger partial charge in [-0.05, 0) is 69.2 Å². The molecular formula is C29H33N5O4. The fourth-order valence-electron chi connectivity index (χ4n) is 4.33. The molecule has 1 N–H and O–H groups in total. The summed E-state index contributed by atoms with van der Waals surface area (Å²) in [5.41, 5.74) is 2.86. The number of carbonyl (C=O) groups excluding carboxylic acids is 2. The zero-order valence-corrected chi connectivity index (χ0v) is 22.6. The number of amides is 2. The molecule has 0 saturated carbocycles. The zero-order chi connectivity index (χ0) is 27.4. The lowest BCUT2D eigenvalue weighted by atomic mass is 9.99. The van der Waals surface area contributed by atoms with Crippen molar-refractivity contribution in [2.24, 2.45) is 0 Å². The molecule has 1 heterocycles. The van der Waals surface area contributed by atoms with Crippen molar-refractivity contribution in [2.45, 2.75) is 45.8 Å².